The number of hydrogen-bond donors (Lipinski definition) is 0. The highest BCUT2D eigenvalue weighted by Crippen LogP contribution is 2.03. The molecule has 1 aromatic carbocycles. The average molecular weight is 212 g/mol. The molecular formula is C13H12N2O. The fraction of sp³-hybridized carbons (Fsp3) is 0.0769. The van der Waals surface area contributed by atoms with E-state index in [-0.39, 0.29) is 0 Å². The standard InChI is InChI=1S/C13H12N2O/c1-11-5-2-3-6-12(11)9-14-15-10-13-7-4-8-16-13/h2-10H,1H3/b14-9+,15-10+. The zero-order valence-corrected chi connectivity index (χ0v) is 9.00. The van der Waals surface area contributed by atoms with E-state index in [0.717, 1.165) is 5.56 Å². The van der Waals surface area contributed by atoms with Gasteiger partial charge in [-0.25, -0.2) is 0 Å². The molecular weight excluding hydrogens is 200 g/mol. The van der Waals surface area contributed by atoms with E-state index in [1.165, 1.54) is 5.56 Å². The minimum Gasteiger partial charge on any atom is -0.463 e. The van der Waals surface area contributed by atoms with Crippen molar-refractivity contribution in [1.82, 2.24) is 0 Å². The van der Waals surface area contributed by atoms with Gasteiger partial charge in [0.25, 0.3) is 0 Å². The summed E-state index contributed by atoms with van der Waals surface area (Å²) in [6.45, 7) is 2.04. The molecule has 0 atom stereocenters. The SMILES string of the molecule is Cc1ccccc1/C=N/N=C/c1ccco1. The molecule has 0 aliphatic carbocycles. The van der Waals surface area contributed by atoms with Gasteiger partial charge < -0.3 is 4.42 Å². The Bertz CT molecular complexity index is 498. The molecule has 1 heterocycles. The highest BCUT2D eigenvalue weighted by Gasteiger charge is 1.91. The number of aryl methyl sites for hydroxylation is 1. The minimum absolute atomic E-state index is 0.696. The van der Waals surface area contributed by atoms with Crippen molar-refractivity contribution >= 4 is 12.4 Å². The predicted molar refractivity (Wildman–Crippen MR) is 65.1 cm³/mol. The molecule has 1 aromatic heterocycles. The van der Waals surface area contributed by atoms with Gasteiger partial charge in [0, 0.05) is 0 Å². The van der Waals surface area contributed by atoms with Crippen LogP contribution in [0.4, 0.5) is 0 Å². The quantitative estimate of drug-likeness (QED) is 0.569. The zero-order chi connectivity index (χ0) is 11.2. The second-order valence-corrected chi connectivity index (χ2v) is 3.36. The highest BCUT2D eigenvalue weighted by molar-refractivity contribution is 5.82. The van der Waals surface area contributed by atoms with Crippen molar-refractivity contribution in [2.75, 3.05) is 0 Å². The first-order valence-corrected chi connectivity index (χ1v) is 5.02. The van der Waals surface area contributed by atoms with Crippen molar-refractivity contribution in [2.24, 2.45) is 10.2 Å². The van der Waals surface area contributed by atoms with Crippen LogP contribution in [0, 0.1) is 6.92 Å². The Morgan fingerprint density at radius 3 is 2.56 bits per heavy atom. The molecule has 2 aromatic rings. The van der Waals surface area contributed by atoms with Crippen molar-refractivity contribution < 1.29 is 4.42 Å². The van der Waals surface area contributed by atoms with Crippen LogP contribution in [0.15, 0.2) is 57.3 Å². The van der Waals surface area contributed by atoms with Crippen LogP contribution >= 0.6 is 0 Å². The first kappa shape index (κ1) is 10.4. The molecule has 0 bridgehead atoms. The van der Waals surface area contributed by atoms with E-state index in [2.05, 4.69) is 10.2 Å². The molecule has 0 unspecified atom stereocenters. The van der Waals surface area contributed by atoms with Gasteiger partial charge >= 0.3 is 0 Å². The summed E-state index contributed by atoms with van der Waals surface area (Å²) < 4.78 is 5.09. The molecule has 3 heteroatoms. The lowest BCUT2D eigenvalue weighted by molar-refractivity contribution is 0.560. The smallest absolute Gasteiger partial charge is 0.146 e. The van der Waals surface area contributed by atoms with Crippen molar-refractivity contribution in [2.45, 2.75) is 6.92 Å². The van der Waals surface area contributed by atoms with Gasteiger partial charge in [0.1, 0.15) is 5.76 Å². The van der Waals surface area contributed by atoms with Gasteiger partial charge in [-0.2, -0.15) is 10.2 Å². The monoisotopic (exact) mass is 212 g/mol. The Hall–Kier alpha value is -2.16. The molecule has 80 valence electrons. The molecule has 0 N–H and O–H groups in total. The molecule has 0 amide bonds. The number of furan rings is 1. The van der Waals surface area contributed by atoms with E-state index < -0.39 is 0 Å². The number of nitrogens with zero attached hydrogens (tertiary/aromatic N) is 2. The van der Waals surface area contributed by atoms with Crippen molar-refractivity contribution in [3.63, 3.8) is 0 Å². The average Bonchev–Trinajstić information content (AvgIpc) is 2.79. The molecule has 0 radical (unpaired) electrons. The molecule has 0 aliphatic heterocycles. The number of rotatable bonds is 3. The maximum atomic E-state index is 5.09. The van der Waals surface area contributed by atoms with Crippen molar-refractivity contribution in [3.05, 3.63) is 59.5 Å². The third kappa shape index (κ3) is 2.67. The zero-order valence-electron chi connectivity index (χ0n) is 9.00. The van der Waals surface area contributed by atoms with Gasteiger partial charge in [0.05, 0.1) is 18.7 Å². The molecule has 16 heavy (non-hydrogen) atoms. The summed E-state index contributed by atoms with van der Waals surface area (Å²) in [5, 5.41) is 7.86. The van der Waals surface area contributed by atoms with Gasteiger partial charge in [-0.15, -0.1) is 0 Å². The summed E-state index contributed by atoms with van der Waals surface area (Å²) >= 11 is 0. The first-order chi connectivity index (χ1) is 7.86. The second-order valence-electron chi connectivity index (χ2n) is 3.36. The van der Waals surface area contributed by atoms with Crippen LogP contribution in [0.5, 0.6) is 0 Å². The Morgan fingerprint density at radius 1 is 1.00 bits per heavy atom. The van der Waals surface area contributed by atoms with Crippen LogP contribution in [-0.4, -0.2) is 12.4 Å². The maximum absolute atomic E-state index is 5.09. The lowest BCUT2D eigenvalue weighted by Crippen LogP contribution is -1.84. The number of hydrogen-bond acceptors (Lipinski definition) is 3. The fourth-order valence-corrected chi connectivity index (χ4v) is 1.28. The van der Waals surface area contributed by atoms with E-state index in [0.29, 0.717) is 5.76 Å². The van der Waals surface area contributed by atoms with Crippen molar-refractivity contribution in [3.8, 4) is 0 Å². The lowest BCUT2D eigenvalue weighted by Gasteiger charge is -1.95. The van der Waals surface area contributed by atoms with Crippen molar-refractivity contribution in [1.29, 1.82) is 0 Å². The molecule has 0 spiro atoms. The Morgan fingerprint density at radius 2 is 1.81 bits per heavy atom. The topological polar surface area (TPSA) is 37.9 Å². The van der Waals surface area contributed by atoms with E-state index in [9.17, 15) is 0 Å². The summed E-state index contributed by atoms with van der Waals surface area (Å²) in [7, 11) is 0. The van der Waals surface area contributed by atoms with Crippen LogP contribution in [0.3, 0.4) is 0 Å². The summed E-state index contributed by atoms with van der Waals surface area (Å²) in [6.07, 6.45) is 4.91. The molecule has 3 nitrogen and oxygen atoms in total. The summed E-state index contributed by atoms with van der Waals surface area (Å²) in [5.74, 6) is 0.696. The highest BCUT2D eigenvalue weighted by atomic mass is 16.3. The third-order valence-corrected chi connectivity index (χ3v) is 2.18. The minimum atomic E-state index is 0.696. The number of benzene rings is 1. The van der Waals surface area contributed by atoms with Crippen LogP contribution < -0.4 is 0 Å². The van der Waals surface area contributed by atoms with Crippen LogP contribution in [0.25, 0.3) is 0 Å². The Labute approximate surface area is 94.1 Å². The van der Waals surface area contributed by atoms with Gasteiger partial charge in [-0.3, -0.25) is 0 Å². The van der Waals surface area contributed by atoms with E-state index in [1.807, 2.05) is 43.3 Å². The van der Waals surface area contributed by atoms with E-state index in [4.69, 9.17) is 4.42 Å². The van der Waals surface area contributed by atoms with E-state index in [1.54, 1.807) is 18.7 Å². The van der Waals surface area contributed by atoms with Crippen LogP contribution in [-0.2, 0) is 0 Å². The Kier molecular flexibility index (Phi) is 3.28. The Balaban J connectivity index is 2.03. The molecule has 0 fully saturated rings. The summed E-state index contributed by atoms with van der Waals surface area (Å²) in [5.41, 5.74) is 2.25. The second kappa shape index (κ2) is 5.07. The van der Waals surface area contributed by atoms with Gasteiger partial charge in [0.15, 0.2) is 0 Å². The first-order valence-electron chi connectivity index (χ1n) is 5.02. The molecule has 0 saturated carbocycles. The molecule has 2 rings (SSSR count). The van der Waals surface area contributed by atoms with Gasteiger partial charge in [0.2, 0.25) is 0 Å². The predicted octanol–water partition coefficient (Wildman–Crippen LogP) is 3.04. The van der Waals surface area contributed by atoms with Gasteiger partial charge in [-0.05, 0) is 30.2 Å². The molecule has 0 aliphatic rings. The van der Waals surface area contributed by atoms with Crippen LogP contribution in [0.1, 0.15) is 16.9 Å². The fourth-order valence-electron chi connectivity index (χ4n) is 1.28. The summed E-state index contributed by atoms with van der Waals surface area (Å²) in [6, 6.07) is 11.7. The van der Waals surface area contributed by atoms with Crippen LogP contribution in [0.2, 0.25) is 0 Å². The maximum Gasteiger partial charge on any atom is 0.146 e. The largest absolute Gasteiger partial charge is 0.463 e. The normalized spacial score (nSPS) is 11.6. The summed E-state index contributed by atoms with van der Waals surface area (Å²) in [4.78, 5) is 0. The lowest BCUT2D eigenvalue weighted by atomic mass is 10.1. The van der Waals surface area contributed by atoms with E-state index >= 15 is 0 Å². The molecule has 0 saturated heterocycles. The third-order valence-electron chi connectivity index (χ3n) is 2.18. The van der Waals surface area contributed by atoms with Gasteiger partial charge in [-0.1, -0.05) is 24.3 Å².